The summed E-state index contributed by atoms with van der Waals surface area (Å²) < 4.78 is 0. The van der Waals surface area contributed by atoms with Crippen LogP contribution in [0.25, 0.3) is 0 Å². The number of rotatable bonds is 2. The molecule has 2 atom stereocenters. The van der Waals surface area contributed by atoms with E-state index in [1.165, 1.54) is 0 Å². The summed E-state index contributed by atoms with van der Waals surface area (Å²) in [6.45, 7) is 0. The van der Waals surface area contributed by atoms with Crippen LogP contribution in [0.5, 0.6) is 0 Å². The van der Waals surface area contributed by atoms with Crippen molar-refractivity contribution in [2.75, 3.05) is 0 Å². The maximum Gasteiger partial charge on any atom is 0.223 e. The van der Waals surface area contributed by atoms with Gasteiger partial charge in [0.15, 0.2) is 0 Å². The van der Waals surface area contributed by atoms with Gasteiger partial charge in [0.1, 0.15) is 0 Å². The molecule has 0 spiro atoms. The Morgan fingerprint density at radius 3 is 1.76 bits per heavy atom. The van der Waals surface area contributed by atoms with Crippen LogP contribution in [0.4, 0.5) is 0 Å². The molecule has 0 aromatic heterocycles. The molecule has 2 unspecified atom stereocenters. The maximum absolute atomic E-state index is 11.7. The van der Waals surface area contributed by atoms with E-state index in [9.17, 15) is 14.7 Å². The van der Waals surface area contributed by atoms with E-state index in [4.69, 9.17) is 11.5 Å². The van der Waals surface area contributed by atoms with Crippen LogP contribution < -0.4 is 11.5 Å². The van der Waals surface area contributed by atoms with E-state index >= 15 is 0 Å². The van der Waals surface area contributed by atoms with Gasteiger partial charge in [-0.2, -0.15) is 0 Å². The standard InChI is InChI=1S/C12H18N2O3/c13-8(15)10-1-7-2-11(4-10,9(14)16)6-12(17,3-7)5-10/h7,17H,1-6H2,(H2,13,15)(H2,14,16). The Morgan fingerprint density at radius 1 is 0.941 bits per heavy atom. The summed E-state index contributed by atoms with van der Waals surface area (Å²) in [5, 5.41) is 10.5. The second kappa shape index (κ2) is 2.83. The van der Waals surface area contributed by atoms with Crippen molar-refractivity contribution in [2.45, 2.75) is 44.1 Å². The first-order chi connectivity index (χ1) is 7.79. The van der Waals surface area contributed by atoms with Crippen molar-refractivity contribution in [3.05, 3.63) is 0 Å². The molecule has 4 bridgehead atoms. The predicted octanol–water partition coefficient (Wildman–Crippen LogP) is -0.342. The minimum atomic E-state index is -0.913. The summed E-state index contributed by atoms with van der Waals surface area (Å²) in [7, 11) is 0. The van der Waals surface area contributed by atoms with Crippen molar-refractivity contribution >= 4 is 11.8 Å². The first-order valence-corrected chi connectivity index (χ1v) is 6.12. The molecule has 5 heteroatoms. The molecule has 0 radical (unpaired) electrons. The molecule has 17 heavy (non-hydrogen) atoms. The van der Waals surface area contributed by atoms with Crippen LogP contribution in [0.15, 0.2) is 0 Å². The van der Waals surface area contributed by atoms with E-state index in [1.54, 1.807) is 0 Å². The Hall–Kier alpha value is -1.10. The van der Waals surface area contributed by atoms with Crippen LogP contribution in [0, 0.1) is 16.7 Å². The van der Waals surface area contributed by atoms with E-state index < -0.39 is 16.4 Å². The molecule has 4 saturated carbocycles. The van der Waals surface area contributed by atoms with Crippen molar-refractivity contribution < 1.29 is 14.7 Å². The second-order valence-corrected chi connectivity index (χ2v) is 6.52. The molecule has 0 aromatic carbocycles. The van der Waals surface area contributed by atoms with Gasteiger partial charge in [0, 0.05) is 0 Å². The van der Waals surface area contributed by atoms with Gasteiger partial charge < -0.3 is 16.6 Å². The number of hydrogen-bond donors (Lipinski definition) is 3. The summed E-state index contributed by atoms with van der Waals surface area (Å²) in [6.07, 6.45) is 3.33. The summed E-state index contributed by atoms with van der Waals surface area (Å²) in [4.78, 5) is 23.4. The molecule has 0 saturated heterocycles. The number of nitrogens with two attached hydrogens (primary N) is 2. The lowest BCUT2D eigenvalue weighted by Crippen LogP contribution is -2.66. The molecule has 0 aliphatic heterocycles. The van der Waals surface area contributed by atoms with Gasteiger partial charge >= 0.3 is 0 Å². The molecule has 2 amide bonds. The Morgan fingerprint density at radius 2 is 1.41 bits per heavy atom. The fraction of sp³-hybridized carbons (Fsp3) is 0.833. The Labute approximate surface area is 99.5 Å². The van der Waals surface area contributed by atoms with Crippen LogP contribution in [-0.4, -0.2) is 22.5 Å². The van der Waals surface area contributed by atoms with Gasteiger partial charge in [-0.15, -0.1) is 0 Å². The van der Waals surface area contributed by atoms with Gasteiger partial charge in [0.25, 0.3) is 0 Å². The molecule has 4 aliphatic carbocycles. The minimum Gasteiger partial charge on any atom is -0.390 e. The zero-order valence-corrected chi connectivity index (χ0v) is 9.74. The van der Waals surface area contributed by atoms with Crippen LogP contribution >= 0.6 is 0 Å². The van der Waals surface area contributed by atoms with Crippen molar-refractivity contribution in [2.24, 2.45) is 28.2 Å². The van der Waals surface area contributed by atoms with Crippen molar-refractivity contribution in [3.63, 3.8) is 0 Å². The van der Waals surface area contributed by atoms with Crippen molar-refractivity contribution in [1.29, 1.82) is 0 Å². The van der Waals surface area contributed by atoms with E-state index in [0.717, 1.165) is 0 Å². The van der Waals surface area contributed by atoms with Gasteiger partial charge in [0.2, 0.25) is 11.8 Å². The molecular weight excluding hydrogens is 220 g/mol. The molecular formula is C12H18N2O3. The molecule has 0 aromatic rings. The van der Waals surface area contributed by atoms with Gasteiger partial charge in [0.05, 0.1) is 16.4 Å². The van der Waals surface area contributed by atoms with Gasteiger partial charge in [-0.3, -0.25) is 9.59 Å². The summed E-state index contributed by atoms with van der Waals surface area (Å²) in [5.41, 5.74) is 8.69. The summed E-state index contributed by atoms with van der Waals surface area (Å²) >= 11 is 0. The zero-order valence-electron chi connectivity index (χ0n) is 9.74. The third-order valence-electron chi connectivity index (χ3n) is 5.08. The van der Waals surface area contributed by atoms with Crippen LogP contribution in [0.1, 0.15) is 38.5 Å². The van der Waals surface area contributed by atoms with Crippen LogP contribution in [-0.2, 0) is 9.59 Å². The lowest BCUT2D eigenvalue weighted by Gasteiger charge is -2.62. The molecule has 5 nitrogen and oxygen atoms in total. The monoisotopic (exact) mass is 238 g/mol. The average Bonchev–Trinajstić information content (AvgIpc) is 2.12. The second-order valence-electron chi connectivity index (χ2n) is 6.52. The average molecular weight is 238 g/mol. The Bertz CT molecular complexity index is 390. The minimum absolute atomic E-state index is 0.205. The van der Waals surface area contributed by atoms with Crippen LogP contribution in [0.2, 0.25) is 0 Å². The van der Waals surface area contributed by atoms with Gasteiger partial charge in [-0.25, -0.2) is 0 Å². The SMILES string of the molecule is NC(=O)C12CC3CC(O)(C1)CC(C(N)=O)(C3)C2. The van der Waals surface area contributed by atoms with Crippen LogP contribution in [0.3, 0.4) is 0 Å². The first-order valence-electron chi connectivity index (χ1n) is 6.12. The third kappa shape index (κ3) is 1.29. The smallest absolute Gasteiger partial charge is 0.223 e. The summed E-state index contributed by atoms with van der Waals surface area (Å²) in [6, 6.07) is 0. The van der Waals surface area contributed by atoms with Gasteiger partial charge in [-0.05, 0) is 44.4 Å². The van der Waals surface area contributed by atoms with Crippen molar-refractivity contribution in [3.8, 4) is 0 Å². The highest BCUT2D eigenvalue weighted by molar-refractivity contribution is 5.86. The van der Waals surface area contributed by atoms with Crippen molar-refractivity contribution in [1.82, 2.24) is 0 Å². The topological polar surface area (TPSA) is 106 Å². The fourth-order valence-electron chi connectivity index (χ4n) is 4.94. The molecule has 4 rings (SSSR count). The Kier molecular flexibility index (Phi) is 1.83. The number of carbonyl (C=O) groups is 2. The molecule has 0 heterocycles. The van der Waals surface area contributed by atoms with E-state index in [2.05, 4.69) is 0 Å². The highest BCUT2D eigenvalue weighted by Gasteiger charge is 2.66. The molecule has 4 fully saturated rings. The number of aliphatic hydroxyl groups is 1. The van der Waals surface area contributed by atoms with Gasteiger partial charge in [-0.1, -0.05) is 0 Å². The zero-order chi connectivity index (χ0) is 12.5. The largest absolute Gasteiger partial charge is 0.390 e. The highest BCUT2D eigenvalue weighted by atomic mass is 16.3. The highest BCUT2D eigenvalue weighted by Crippen LogP contribution is 2.66. The maximum atomic E-state index is 11.7. The Balaban J connectivity index is 2.09. The number of primary amides is 2. The first kappa shape index (κ1) is 11.0. The number of amides is 2. The quantitative estimate of drug-likeness (QED) is 0.612. The lowest BCUT2D eigenvalue weighted by molar-refractivity contribution is -0.202. The van der Waals surface area contributed by atoms with E-state index in [0.29, 0.717) is 38.5 Å². The molecule has 94 valence electrons. The molecule has 4 aliphatic rings. The number of carbonyl (C=O) groups excluding carboxylic acids is 2. The number of hydrogen-bond acceptors (Lipinski definition) is 3. The third-order valence-corrected chi connectivity index (χ3v) is 5.08. The van der Waals surface area contributed by atoms with E-state index in [1.807, 2.05) is 0 Å². The normalized spacial score (nSPS) is 51.5. The summed E-state index contributed by atoms with van der Waals surface area (Å²) in [5.74, 6) is -0.562. The van der Waals surface area contributed by atoms with E-state index in [-0.39, 0.29) is 17.7 Å². The fourth-order valence-corrected chi connectivity index (χ4v) is 4.94. The predicted molar refractivity (Wildman–Crippen MR) is 59.4 cm³/mol. The lowest BCUT2D eigenvalue weighted by atomic mass is 9.42. The molecule has 5 N–H and O–H groups in total.